The molecule has 1 aromatic heterocycles. The summed E-state index contributed by atoms with van der Waals surface area (Å²) in [4.78, 5) is 2.48. The normalized spacial score (nSPS) is 16.0. The standard InChI is InChI=1S/C18H15NOS/c19-11-13-10-15-17(12-6-2-1-3-7-12)20-16-9-5-4-8-14(16)18(15)21-13/h1-10,17H,11,19H2. The van der Waals surface area contributed by atoms with Crippen molar-refractivity contribution in [2.45, 2.75) is 12.6 Å². The fraction of sp³-hybridized carbons (Fsp3) is 0.111. The first-order chi connectivity index (χ1) is 10.4. The number of ether oxygens (including phenoxy) is 1. The van der Waals surface area contributed by atoms with Crippen LogP contribution in [0.4, 0.5) is 0 Å². The van der Waals surface area contributed by atoms with Crippen LogP contribution < -0.4 is 10.5 Å². The average molecular weight is 293 g/mol. The van der Waals surface area contributed by atoms with Crippen molar-refractivity contribution in [2.24, 2.45) is 5.73 Å². The third kappa shape index (κ3) is 2.06. The maximum Gasteiger partial charge on any atom is 0.150 e. The Morgan fingerprint density at radius 2 is 1.76 bits per heavy atom. The second-order valence-electron chi connectivity index (χ2n) is 5.11. The third-order valence-corrected chi connectivity index (χ3v) is 4.98. The van der Waals surface area contributed by atoms with E-state index in [1.165, 1.54) is 26.4 Å². The van der Waals surface area contributed by atoms with Crippen LogP contribution in [-0.4, -0.2) is 0 Å². The Bertz CT molecular complexity index is 779. The Labute approximate surface area is 127 Å². The highest BCUT2D eigenvalue weighted by atomic mass is 32.1. The molecular formula is C18H15NOS. The van der Waals surface area contributed by atoms with E-state index in [2.05, 4.69) is 42.5 Å². The van der Waals surface area contributed by atoms with Crippen molar-refractivity contribution in [3.05, 3.63) is 76.7 Å². The summed E-state index contributed by atoms with van der Waals surface area (Å²) in [6, 6.07) is 20.8. The number of fused-ring (bicyclic) bond motifs is 3. The van der Waals surface area contributed by atoms with Crippen LogP contribution in [0.1, 0.15) is 22.1 Å². The van der Waals surface area contributed by atoms with Gasteiger partial charge in [-0.1, -0.05) is 42.5 Å². The predicted molar refractivity (Wildman–Crippen MR) is 86.6 cm³/mol. The summed E-state index contributed by atoms with van der Waals surface area (Å²) in [7, 11) is 0. The third-order valence-electron chi connectivity index (χ3n) is 3.77. The van der Waals surface area contributed by atoms with Crippen molar-refractivity contribution >= 4 is 11.3 Å². The van der Waals surface area contributed by atoms with E-state index >= 15 is 0 Å². The smallest absolute Gasteiger partial charge is 0.150 e. The lowest BCUT2D eigenvalue weighted by molar-refractivity contribution is 0.244. The molecule has 104 valence electrons. The summed E-state index contributed by atoms with van der Waals surface area (Å²) >= 11 is 1.77. The predicted octanol–water partition coefficient (Wildman–Crippen LogP) is 4.36. The maximum absolute atomic E-state index is 6.27. The number of hydrogen-bond donors (Lipinski definition) is 1. The number of rotatable bonds is 2. The quantitative estimate of drug-likeness (QED) is 0.762. The molecule has 0 radical (unpaired) electrons. The van der Waals surface area contributed by atoms with Gasteiger partial charge >= 0.3 is 0 Å². The first-order valence-electron chi connectivity index (χ1n) is 7.00. The van der Waals surface area contributed by atoms with Gasteiger partial charge in [-0.3, -0.25) is 0 Å². The molecule has 0 spiro atoms. The zero-order chi connectivity index (χ0) is 14.2. The lowest BCUT2D eigenvalue weighted by Gasteiger charge is -2.26. The van der Waals surface area contributed by atoms with Gasteiger partial charge in [0.05, 0.1) is 0 Å². The van der Waals surface area contributed by atoms with Gasteiger partial charge in [-0.25, -0.2) is 0 Å². The van der Waals surface area contributed by atoms with Gasteiger partial charge in [0.1, 0.15) is 5.75 Å². The number of hydrogen-bond acceptors (Lipinski definition) is 3. The molecule has 1 atom stereocenters. The molecule has 1 aliphatic heterocycles. The Morgan fingerprint density at radius 1 is 1.00 bits per heavy atom. The summed E-state index contributed by atoms with van der Waals surface area (Å²) in [6.07, 6.45) is -0.0485. The Balaban J connectivity index is 1.92. The van der Waals surface area contributed by atoms with E-state index in [0.29, 0.717) is 6.54 Å². The van der Waals surface area contributed by atoms with Crippen LogP contribution >= 0.6 is 11.3 Å². The maximum atomic E-state index is 6.27. The molecule has 0 fully saturated rings. The molecule has 2 heterocycles. The molecule has 0 aliphatic carbocycles. The average Bonchev–Trinajstić information content (AvgIpc) is 2.99. The van der Waals surface area contributed by atoms with Gasteiger partial charge in [-0.2, -0.15) is 0 Å². The summed E-state index contributed by atoms with van der Waals surface area (Å²) in [6.45, 7) is 0.571. The Morgan fingerprint density at radius 3 is 2.57 bits per heavy atom. The minimum absolute atomic E-state index is 0.0485. The highest BCUT2D eigenvalue weighted by Crippen LogP contribution is 2.48. The van der Waals surface area contributed by atoms with Crippen molar-refractivity contribution < 1.29 is 4.74 Å². The highest BCUT2D eigenvalue weighted by molar-refractivity contribution is 7.15. The zero-order valence-electron chi connectivity index (χ0n) is 11.5. The fourth-order valence-corrected chi connectivity index (χ4v) is 3.88. The first kappa shape index (κ1) is 12.6. The van der Waals surface area contributed by atoms with Crippen molar-refractivity contribution in [1.82, 2.24) is 0 Å². The van der Waals surface area contributed by atoms with Crippen LogP contribution in [-0.2, 0) is 6.54 Å². The molecule has 4 rings (SSSR count). The molecule has 3 aromatic rings. The molecule has 1 unspecified atom stereocenters. The topological polar surface area (TPSA) is 35.2 Å². The number of nitrogens with two attached hydrogens (primary N) is 1. The van der Waals surface area contributed by atoms with E-state index in [4.69, 9.17) is 10.5 Å². The van der Waals surface area contributed by atoms with Crippen molar-refractivity contribution in [1.29, 1.82) is 0 Å². The number of benzene rings is 2. The van der Waals surface area contributed by atoms with Crippen LogP contribution in [0.15, 0.2) is 60.7 Å². The van der Waals surface area contributed by atoms with Gasteiger partial charge in [-0.15, -0.1) is 11.3 Å². The minimum Gasteiger partial charge on any atom is -0.480 e. The summed E-state index contributed by atoms with van der Waals surface area (Å²) in [5.41, 5.74) is 9.41. The van der Waals surface area contributed by atoms with Crippen molar-refractivity contribution in [2.75, 3.05) is 0 Å². The molecule has 2 aromatic carbocycles. The molecule has 2 N–H and O–H groups in total. The highest BCUT2D eigenvalue weighted by Gasteiger charge is 2.29. The second kappa shape index (κ2) is 5.02. The lowest BCUT2D eigenvalue weighted by Crippen LogP contribution is -2.13. The first-order valence-corrected chi connectivity index (χ1v) is 7.82. The minimum atomic E-state index is -0.0485. The summed E-state index contributed by atoms with van der Waals surface area (Å²) in [5, 5.41) is 0. The van der Waals surface area contributed by atoms with E-state index in [9.17, 15) is 0 Å². The van der Waals surface area contributed by atoms with E-state index in [0.717, 1.165) is 5.75 Å². The van der Waals surface area contributed by atoms with Crippen LogP contribution in [0.5, 0.6) is 5.75 Å². The van der Waals surface area contributed by atoms with E-state index in [1.807, 2.05) is 18.2 Å². The molecule has 2 nitrogen and oxygen atoms in total. The number of para-hydroxylation sites is 1. The molecular weight excluding hydrogens is 278 g/mol. The van der Waals surface area contributed by atoms with E-state index in [-0.39, 0.29) is 6.10 Å². The summed E-state index contributed by atoms with van der Waals surface area (Å²) in [5.74, 6) is 0.948. The summed E-state index contributed by atoms with van der Waals surface area (Å²) < 4.78 is 6.27. The van der Waals surface area contributed by atoms with Gasteiger partial charge in [0.15, 0.2) is 6.10 Å². The Hall–Kier alpha value is -2.10. The van der Waals surface area contributed by atoms with Crippen LogP contribution in [0.25, 0.3) is 10.4 Å². The molecule has 0 bridgehead atoms. The molecule has 0 saturated carbocycles. The van der Waals surface area contributed by atoms with Gasteiger partial charge < -0.3 is 10.5 Å². The fourth-order valence-electron chi connectivity index (χ4n) is 2.79. The molecule has 1 aliphatic rings. The monoisotopic (exact) mass is 293 g/mol. The van der Waals surface area contributed by atoms with Crippen LogP contribution in [0.2, 0.25) is 0 Å². The van der Waals surface area contributed by atoms with Gasteiger partial charge in [0, 0.05) is 27.4 Å². The Kier molecular flexibility index (Phi) is 3.02. The molecule has 21 heavy (non-hydrogen) atoms. The van der Waals surface area contributed by atoms with Crippen LogP contribution in [0.3, 0.4) is 0 Å². The largest absolute Gasteiger partial charge is 0.480 e. The van der Waals surface area contributed by atoms with Crippen molar-refractivity contribution in [3.63, 3.8) is 0 Å². The van der Waals surface area contributed by atoms with Crippen molar-refractivity contribution in [3.8, 4) is 16.2 Å². The number of thiophene rings is 1. The molecule has 0 saturated heterocycles. The van der Waals surface area contributed by atoms with E-state index < -0.39 is 0 Å². The van der Waals surface area contributed by atoms with E-state index in [1.54, 1.807) is 11.3 Å². The van der Waals surface area contributed by atoms with Gasteiger partial charge in [-0.05, 0) is 23.8 Å². The second-order valence-corrected chi connectivity index (χ2v) is 6.24. The molecule has 3 heteroatoms. The zero-order valence-corrected chi connectivity index (χ0v) is 12.3. The lowest BCUT2D eigenvalue weighted by atomic mass is 9.96. The van der Waals surface area contributed by atoms with Gasteiger partial charge in [0.2, 0.25) is 0 Å². The van der Waals surface area contributed by atoms with Crippen LogP contribution in [0, 0.1) is 0 Å². The molecule has 0 amide bonds. The van der Waals surface area contributed by atoms with Gasteiger partial charge in [0.25, 0.3) is 0 Å². The SMILES string of the molecule is NCc1cc2c(s1)-c1ccccc1OC2c1ccccc1.